The standard InChI is InChI=1S/C18H18N8O6S3/c1-2-33-9(5-14-23-26-18(34-14)32-13-6-11(29)21-16(30)22-13)15-24-25-17(35-15)19-7-31-12-4-8(27)3-10(28)20-12/h4,6,9H,2-3,5,7H2,1H3,(H,19,25)(H,20,28)(H2,21,22,29,30). The molecule has 0 aliphatic carbocycles. The van der Waals surface area contributed by atoms with Crippen LogP contribution >= 0.6 is 34.4 Å². The molecule has 0 saturated heterocycles. The van der Waals surface area contributed by atoms with Gasteiger partial charge in [-0.15, -0.1) is 15.3 Å². The van der Waals surface area contributed by atoms with Gasteiger partial charge in [0.1, 0.15) is 10.0 Å². The predicted molar refractivity (Wildman–Crippen MR) is 128 cm³/mol. The van der Waals surface area contributed by atoms with Gasteiger partial charge in [-0.3, -0.25) is 29.7 Å². The highest BCUT2D eigenvalue weighted by atomic mass is 32.2. The van der Waals surface area contributed by atoms with Crippen LogP contribution in [0.5, 0.6) is 11.1 Å². The SMILES string of the molecule is CCSC(Cc1nnc(Oc2cc(=O)[nH]c(=O)[nH]2)s1)c1nnc(NCOC2=CC(=O)CC(=O)N2)s1. The molecule has 4 N–H and O–H groups in total. The van der Waals surface area contributed by atoms with Crippen LogP contribution in [0.15, 0.2) is 27.6 Å². The minimum Gasteiger partial charge on any atom is -0.458 e. The predicted octanol–water partition coefficient (Wildman–Crippen LogP) is 0.912. The second-order valence-electron chi connectivity index (χ2n) is 6.77. The molecule has 0 saturated carbocycles. The molecule has 0 spiro atoms. The molecule has 0 bridgehead atoms. The molecule has 1 aliphatic heterocycles. The number of thioether (sulfide) groups is 1. The Morgan fingerprint density at radius 1 is 1.14 bits per heavy atom. The number of nitrogens with zero attached hydrogens (tertiary/aromatic N) is 4. The summed E-state index contributed by atoms with van der Waals surface area (Å²) in [5, 5.41) is 24.0. The number of aromatic amines is 2. The second kappa shape index (κ2) is 11.2. The summed E-state index contributed by atoms with van der Waals surface area (Å²) in [6.45, 7) is 2.01. The minimum absolute atomic E-state index is 0.0128. The number of amides is 1. The average molecular weight is 539 g/mol. The summed E-state index contributed by atoms with van der Waals surface area (Å²) in [6.07, 6.45) is 1.55. The smallest absolute Gasteiger partial charge is 0.328 e. The van der Waals surface area contributed by atoms with E-state index in [1.54, 1.807) is 11.8 Å². The molecule has 184 valence electrons. The van der Waals surface area contributed by atoms with Crippen LogP contribution in [0.1, 0.15) is 28.6 Å². The fourth-order valence-electron chi connectivity index (χ4n) is 2.80. The topological polar surface area (TPSA) is 194 Å². The Bertz CT molecular complexity index is 1330. The number of carbonyl (C=O) groups excluding carboxylic acids is 2. The summed E-state index contributed by atoms with van der Waals surface area (Å²) in [5.41, 5.74) is -1.27. The third-order valence-corrected chi connectivity index (χ3v) is 7.26. The van der Waals surface area contributed by atoms with Gasteiger partial charge in [-0.25, -0.2) is 4.79 Å². The first-order valence-corrected chi connectivity index (χ1v) is 12.8. The van der Waals surface area contributed by atoms with Gasteiger partial charge in [-0.2, -0.15) is 11.8 Å². The zero-order chi connectivity index (χ0) is 24.8. The molecule has 35 heavy (non-hydrogen) atoms. The molecule has 0 radical (unpaired) electrons. The third-order valence-electron chi connectivity index (χ3n) is 4.17. The Morgan fingerprint density at radius 2 is 2.00 bits per heavy atom. The quantitative estimate of drug-likeness (QED) is 0.199. The van der Waals surface area contributed by atoms with Gasteiger partial charge >= 0.3 is 10.9 Å². The van der Waals surface area contributed by atoms with E-state index in [1.807, 2.05) is 6.92 Å². The van der Waals surface area contributed by atoms with Gasteiger partial charge in [-0.1, -0.05) is 34.7 Å². The van der Waals surface area contributed by atoms with E-state index in [4.69, 9.17) is 9.47 Å². The van der Waals surface area contributed by atoms with Crippen molar-refractivity contribution in [3.05, 3.63) is 48.9 Å². The Kier molecular flexibility index (Phi) is 7.88. The highest BCUT2D eigenvalue weighted by Crippen LogP contribution is 2.36. The van der Waals surface area contributed by atoms with E-state index in [0.717, 1.165) is 16.8 Å². The van der Waals surface area contributed by atoms with Gasteiger partial charge < -0.3 is 14.8 Å². The van der Waals surface area contributed by atoms with Gasteiger partial charge in [0.05, 0.1) is 17.7 Å². The summed E-state index contributed by atoms with van der Waals surface area (Å²) in [7, 11) is 0. The van der Waals surface area contributed by atoms with Gasteiger partial charge in [-0.05, 0) is 5.75 Å². The fraction of sp³-hybridized carbons (Fsp3) is 0.333. The molecule has 1 atom stereocenters. The van der Waals surface area contributed by atoms with Crippen LogP contribution in [0, 0.1) is 0 Å². The highest BCUT2D eigenvalue weighted by Gasteiger charge is 2.21. The molecule has 1 amide bonds. The van der Waals surface area contributed by atoms with E-state index in [2.05, 4.69) is 41.0 Å². The first kappa shape index (κ1) is 24.6. The Labute approximate surface area is 208 Å². The second-order valence-corrected chi connectivity index (χ2v) is 10.3. The number of rotatable bonds is 11. The number of carbonyl (C=O) groups is 2. The molecule has 1 aliphatic rings. The van der Waals surface area contributed by atoms with E-state index >= 15 is 0 Å². The van der Waals surface area contributed by atoms with Gasteiger partial charge in [0.2, 0.25) is 16.9 Å². The van der Waals surface area contributed by atoms with Crippen molar-refractivity contribution < 1.29 is 19.1 Å². The monoisotopic (exact) mass is 538 g/mol. The van der Waals surface area contributed by atoms with Crippen molar-refractivity contribution in [2.24, 2.45) is 0 Å². The van der Waals surface area contributed by atoms with Crippen molar-refractivity contribution in [2.45, 2.75) is 25.0 Å². The average Bonchev–Trinajstić information content (AvgIpc) is 3.42. The van der Waals surface area contributed by atoms with Crippen LogP contribution in [-0.4, -0.2) is 54.5 Å². The van der Waals surface area contributed by atoms with E-state index in [1.165, 1.54) is 28.7 Å². The number of hydrogen-bond donors (Lipinski definition) is 4. The maximum atomic E-state index is 11.4. The van der Waals surface area contributed by atoms with Crippen molar-refractivity contribution in [1.82, 2.24) is 35.7 Å². The van der Waals surface area contributed by atoms with Crippen LogP contribution in [0.3, 0.4) is 0 Å². The van der Waals surface area contributed by atoms with E-state index in [0.29, 0.717) is 16.6 Å². The summed E-state index contributed by atoms with van der Waals surface area (Å²) >= 11 is 4.19. The molecule has 17 heteroatoms. The minimum atomic E-state index is -0.684. The summed E-state index contributed by atoms with van der Waals surface area (Å²) in [5.74, 6) is 0.143. The van der Waals surface area contributed by atoms with E-state index in [-0.39, 0.29) is 41.1 Å². The number of anilines is 1. The molecule has 14 nitrogen and oxygen atoms in total. The van der Waals surface area contributed by atoms with Gasteiger partial charge in [0.15, 0.2) is 18.4 Å². The van der Waals surface area contributed by atoms with Crippen molar-refractivity contribution in [3.63, 3.8) is 0 Å². The number of hydrogen-bond acceptors (Lipinski definition) is 14. The Morgan fingerprint density at radius 3 is 2.77 bits per heavy atom. The molecular formula is C18H18N8O6S3. The van der Waals surface area contributed by atoms with Crippen molar-refractivity contribution in [2.75, 3.05) is 17.8 Å². The molecule has 1 unspecified atom stereocenters. The molecule has 3 aromatic heterocycles. The fourth-order valence-corrected chi connectivity index (χ4v) is 5.57. The largest absolute Gasteiger partial charge is 0.458 e. The summed E-state index contributed by atoms with van der Waals surface area (Å²) in [4.78, 5) is 50.0. The lowest BCUT2D eigenvalue weighted by Gasteiger charge is -2.14. The Hall–Kier alpha value is -3.57. The van der Waals surface area contributed by atoms with Gasteiger partial charge in [0, 0.05) is 12.5 Å². The van der Waals surface area contributed by atoms with E-state index in [9.17, 15) is 19.2 Å². The lowest BCUT2D eigenvalue weighted by Crippen LogP contribution is -2.31. The summed E-state index contributed by atoms with van der Waals surface area (Å²) < 4.78 is 10.8. The zero-order valence-corrected chi connectivity index (χ0v) is 20.5. The molecule has 0 aromatic carbocycles. The number of H-pyrrole nitrogens is 2. The summed E-state index contributed by atoms with van der Waals surface area (Å²) in [6, 6.07) is 1.11. The van der Waals surface area contributed by atoms with Crippen LogP contribution in [-0.2, 0) is 20.7 Å². The molecule has 4 rings (SSSR count). The van der Waals surface area contributed by atoms with Crippen LogP contribution in [0.25, 0.3) is 0 Å². The molecule has 4 heterocycles. The zero-order valence-electron chi connectivity index (χ0n) is 18.0. The van der Waals surface area contributed by atoms with E-state index < -0.39 is 17.2 Å². The van der Waals surface area contributed by atoms with Crippen LogP contribution in [0.4, 0.5) is 5.13 Å². The number of ketones is 1. The normalized spacial score (nSPS) is 14.3. The number of ether oxygens (including phenoxy) is 2. The lowest BCUT2D eigenvalue weighted by molar-refractivity contribution is -0.127. The maximum absolute atomic E-state index is 11.4. The number of nitrogens with one attached hydrogen (secondary N) is 4. The van der Waals surface area contributed by atoms with Crippen molar-refractivity contribution in [3.8, 4) is 11.1 Å². The van der Waals surface area contributed by atoms with Crippen molar-refractivity contribution in [1.29, 1.82) is 0 Å². The van der Waals surface area contributed by atoms with Crippen LogP contribution in [0.2, 0.25) is 0 Å². The molecular weight excluding hydrogens is 520 g/mol. The molecule has 3 aromatic rings. The number of allylic oxidation sites excluding steroid dienone is 1. The van der Waals surface area contributed by atoms with Gasteiger partial charge in [0.25, 0.3) is 5.56 Å². The first-order chi connectivity index (χ1) is 16.9. The lowest BCUT2D eigenvalue weighted by atomic mass is 10.2. The maximum Gasteiger partial charge on any atom is 0.328 e. The van der Waals surface area contributed by atoms with Crippen LogP contribution < -0.4 is 26.6 Å². The first-order valence-electron chi connectivity index (χ1n) is 10.1. The third kappa shape index (κ3) is 6.96. The Balaban J connectivity index is 1.35. The van der Waals surface area contributed by atoms with Crippen molar-refractivity contribution >= 4 is 51.3 Å². The highest BCUT2D eigenvalue weighted by molar-refractivity contribution is 7.99. The molecule has 0 fully saturated rings. The number of aromatic nitrogens is 6.